The topological polar surface area (TPSA) is 90.7 Å². The highest BCUT2D eigenvalue weighted by atomic mass is 16.5. The van der Waals surface area contributed by atoms with Gasteiger partial charge in [-0.2, -0.15) is 10.2 Å². The van der Waals surface area contributed by atoms with Crippen LogP contribution in [0.2, 0.25) is 0 Å². The van der Waals surface area contributed by atoms with Crippen molar-refractivity contribution in [3.05, 3.63) is 53.6 Å². The van der Waals surface area contributed by atoms with Crippen LogP contribution in [0.15, 0.2) is 36.7 Å². The summed E-state index contributed by atoms with van der Waals surface area (Å²) in [5.41, 5.74) is 5.00. The number of para-hydroxylation sites is 1. The molecule has 0 spiro atoms. The van der Waals surface area contributed by atoms with Crippen LogP contribution in [-0.4, -0.2) is 43.2 Å². The number of fused-ring (bicyclic) bond motifs is 4. The molecule has 0 radical (unpaired) electrons. The summed E-state index contributed by atoms with van der Waals surface area (Å²) in [5, 5.41) is 11.7. The second-order valence-electron chi connectivity index (χ2n) is 6.47. The summed E-state index contributed by atoms with van der Waals surface area (Å²) >= 11 is 0. The molecule has 140 valence electrons. The largest absolute Gasteiger partial charge is 0.491 e. The number of hydrogen-bond donors (Lipinski definition) is 1. The highest BCUT2D eigenvalue weighted by molar-refractivity contribution is 5.87. The van der Waals surface area contributed by atoms with Gasteiger partial charge < -0.3 is 9.47 Å². The Bertz CT molecular complexity index is 1180. The molecule has 1 N–H and O–H groups in total. The van der Waals surface area contributed by atoms with E-state index in [0.717, 1.165) is 39.3 Å². The zero-order chi connectivity index (χ0) is 18.9. The number of rotatable bonds is 0. The van der Waals surface area contributed by atoms with Crippen molar-refractivity contribution in [1.82, 2.24) is 29.9 Å². The quantitative estimate of drug-likeness (QED) is 0.509. The number of benzene rings is 1. The number of H-pyrrole nitrogens is 1. The lowest BCUT2D eigenvalue weighted by Crippen LogP contribution is -2.09. The molecule has 1 aliphatic rings. The minimum Gasteiger partial charge on any atom is -0.491 e. The first-order chi connectivity index (χ1) is 13.8. The Labute approximate surface area is 160 Å². The average Bonchev–Trinajstić information content (AvgIpc) is 3.29. The van der Waals surface area contributed by atoms with Crippen molar-refractivity contribution >= 4 is 23.2 Å². The van der Waals surface area contributed by atoms with E-state index in [1.807, 2.05) is 43.5 Å². The molecule has 0 aliphatic carbocycles. The summed E-state index contributed by atoms with van der Waals surface area (Å²) in [5.74, 6) is 1.40. The first kappa shape index (κ1) is 16.6. The molecular weight excluding hydrogens is 356 g/mol. The molecule has 0 fully saturated rings. The van der Waals surface area contributed by atoms with Gasteiger partial charge in [0.1, 0.15) is 29.1 Å². The van der Waals surface area contributed by atoms with Gasteiger partial charge in [-0.25, -0.2) is 9.97 Å². The summed E-state index contributed by atoms with van der Waals surface area (Å²) < 4.78 is 13.5. The third-order valence-electron chi connectivity index (χ3n) is 4.69. The third kappa shape index (κ3) is 2.93. The summed E-state index contributed by atoms with van der Waals surface area (Å²) in [7, 11) is 1.88. The Kier molecular flexibility index (Phi) is 4.10. The number of aromatic amines is 1. The van der Waals surface area contributed by atoms with Crippen LogP contribution < -0.4 is 4.74 Å². The van der Waals surface area contributed by atoms with Crippen molar-refractivity contribution in [3.8, 4) is 17.1 Å². The Morgan fingerprint density at radius 2 is 2.04 bits per heavy atom. The van der Waals surface area contributed by atoms with E-state index < -0.39 is 0 Å². The molecule has 0 atom stereocenters. The predicted octanol–water partition coefficient (Wildman–Crippen LogP) is 2.83. The highest BCUT2D eigenvalue weighted by Gasteiger charge is 2.16. The molecule has 5 rings (SSSR count). The van der Waals surface area contributed by atoms with Gasteiger partial charge in [-0.15, -0.1) is 0 Å². The van der Waals surface area contributed by atoms with Gasteiger partial charge in [0, 0.05) is 12.6 Å². The van der Waals surface area contributed by atoms with Crippen molar-refractivity contribution in [2.24, 2.45) is 7.05 Å². The SMILES string of the molecule is Cn1ncc2c1COCCOc1ccccc1/C=C/c1n[nH]c3cnc-2nc13. The average molecular weight is 374 g/mol. The maximum absolute atomic E-state index is 5.91. The van der Waals surface area contributed by atoms with Gasteiger partial charge in [-0.05, 0) is 18.2 Å². The molecule has 0 saturated carbocycles. The Morgan fingerprint density at radius 3 is 3.00 bits per heavy atom. The predicted molar refractivity (Wildman–Crippen MR) is 104 cm³/mol. The van der Waals surface area contributed by atoms with E-state index >= 15 is 0 Å². The molecule has 1 aromatic carbocycles. The summed E-state index contributed by atoms with van der Waals surface area (Å²) in [6, 6.07) is 7.87. The van der Waals surface area contributed by atoms with Crippen molar-refractivity contribution in [2.75, 3.05) is 13.2 Å². The minimum atomic E-state index is 0.398. The molecule has 0 amide bonds. The minimum absolute atomic E-state index is 0.398. The number of nitrogens with one attached hydrogen (secondary N) is 1. The fraction of sp³-hybridized carbons (Fsp3) is 0.200. The smallest absolute Gasteiger partial charge is 0.163 e. The van der Waals surface area contributed by atoms with E-state index in [4.69, 9.17) is 14.5 Å². The molecule has 1 aliphatic heterocycles. The van der Waals surface area contributed by atoms with Gasteiger partial charge in [0.2, 0.25) is 0 Å². The van der Waals surface area contributed by atoms with Crippen molar-refractivity contribution in [3.63, 3.8) is 0 Å². The number of nitrogens with zero attached hydrogens (tertiary/aromatic N) is 5. The third-order valence-corrected chi connectivity index (χ3v) is 4.69. The maximum atomic E-state index is 5.91. The van der Waals surface area contributed by atoms with E-state index in [-0.39, 0.29) is 0 Å². The number of aromatic nitrogens is 6. The molecule has 0 unspecified atom stereocenters. The van der Waals surface area contributed by atoms with Crippen molar-refractivity contribution < 1.29 is 9.47 Å². The van der Waals surface area contributed by atoms with Gasteiger partial charge in [-0.3, -0.25) is 9.78 Å². The van der Waals surface area contributed by atoms with Crippen LogP contribution in [0.25, 0.3) is 34.6 Å². The first-order valence-corrected chi connectivity index (χ1v) is 8.99. The second-order valence-corrected chi connectivity index (χ2v) is 6.47. The Hall–Kier alpha value is -3.52. The number of ether oxygens (including phenoxy) is 2. The molecule has 8 heteroatoms. The van der Waals surface area contributed by atoms with Gasteiger partial charge in [-0.1, -0.05) is 18.2 Å². The second kappa shape index (κ2) is 6.90. The van der Waals surface area contributed by atoms with Gasteiger partial charge in [0.25, 0.3) is 0 Å². The number of hydrogen-bond acceptors (Lipinski definition) is 6. The lowest BCUT2D eigenvalue weighted by atomic mass is 10.1. The van der Waals surface area contributed by atoms with Gasteiger partial charge in [0.15, 0.2) is 5.82 Å². The van der Waals surface area contributed by atoms with E-state index in [1.54, 1.807) is 17.1 Å². The molecule has 4 heterocycles. The Balaban J connectivity index is 1.66. The standard InChI is InChI=1S/C20H18N6O2/c1-26-17-12-27-8-9-28-18-5-3-2-4-13(18)6-7-15-19-16(25-24-15)11-21-20(23-19)14(17)10-22-26/h2-7,10-11H,8-9,12H2,1H3,(H,24,25)/b7-6+. The van der Waals surface area contributed by atoms with Gasteiger partial charge in [0.05, 0.1) is 36.9 Å². The highest BCUT2D eigenvalue weighted by Crippen LogP contribution is 2.25. The summed E-state index contributed by atoms with van der Waals surface area (Å²) in [4.78, 5) is 9.22. The molecule has 0 saturated heterocycles. The molecule has 3 aromatic heterocycles. The van der Waals surface area contributed by atoms with E-state index in [2.05, 4.69) is 20.3 Å². The summed E-state index contributed by atoms with van der Waals surface area (Å²) in [6.07, 6.45) is 7.41. The zero-order valence-electron chi connectivity index (χ0n) is 15.3. The normalized spacial score (nSPS) is 15.3. The van der Waals surface area contributed by atoms with Crippen molar-refractivity contribution in [1.29, 1.82) is 0 Å². The fourth-order valence-corrected chi connectivity index (χ4v) is 3.20. The monoisotopic (exact) mass is 374 g/mol. The molecule has 28 heavy (non-hydrogen) atoms. The molecular formula is C20H18N6O2. The molecule has 2 bridgehead atoms. The lowest BCUT2D eigenvalue weighted by Gasteiger charge is -2.10. The van der Waals surface area contributed by atoms with Crippen LogP contribution in [0.4, 0.5) is 0 Å². The maximum Gasteiger partial charge on any atom is 0.163 e. The number of aryl methyl sites for hydroxylation is 1. The molecule has 4 aromatic rings. The summed E-state index contributed by atoms with van der Waals surface area (Å²) in [6.45, 7) is 1.31. The van der Waals surface area contributed by atoms with E-state index in [1.165, 1.54) is 0 Å². The fourth-order valence-electron chi connectivity index (χ4n) is 3.20. The van der Waals surface area contributed by atoms with Crippen LogP contribution in [0, 0.1) is 0 Å². The lowest BCUT2D eigenvalue weighted by molar-refractivity contribution is 0.0852. The Morgan fingerprint density at radius 1 is 1.11 bits per heavy atom. The van der Waals surface area contributed by atoms with Crippen LogP contribution in [-0.2, 0) is 18.4 Å². The first-order valence-electron chi connectivity index (χ1n) is 8.99. The molecule has 8 nitrogen and oxygen atoms in total. The van der Waals surface area contributed by atoms with Crippen LogP contribution >= 0.6 is 0 Å². The zero-order valence-corrected chi connectivity index (χ0v) is 15.3. The van der Waals surface area contributed by atoms with E-state index in [0.29, 0.717) is 25.6 Å². The van der Waals surface area contributed by atoms with Crippen molar-refractivity contribution in [2.45, 2.75) is 6.61 Å². The van der Waals surface area contributed by atoms with Crippen LogP contribution in [0.3, 0.4) is 0 Å². The van der Waals surface area contributed by atoms with Crippen LogP contribution in [0.5, 0.6) is 5.75 Å². The van der Waals surface area contributed by atoms with Crippen LogP contribution in [0.1, 0.15) is 17.0 Å². The van der Waals surface area contributed by atoms with Gasteiger partial charge >= 0.3 is 0 Å². The van der Waals surface area contributed by atoms with E-state index in [9.17, 15) is 0 Å².